The third-order valence-corrected chi connectivity index (χ3v) is 3.68. The van der Waals surface area contributed by atoms with Gasteiger partial charge in [-0.2, -0.15) is 5.26 Å². The third-order valence-electron chi connectivity index (χ3n) is 3.68. The molecule has 1 atom stereocenters. The standard InChI is InChI=1S/C17H16N4O4/c1-3-7-25-17(22)14-10(2)20-16(19)13(9-18)15(14)11-5-4-6-12(8-11)21(23)24/h3-6,8,15,20H,1,7,19H2,2H3. The van der Waals surface area contributed by atoms with Gasteiger partial charge in [0.25, 0.3) is 5.69 Å². The lowest BCUT2D eigenvalue weighted by Gasteiger charge is -2.27. The Balaban J connectivity index is 2.61. The monoisotopic (exact) mass is 340 g/mol. The Hall–Kier alpha value is -3.60. The van der Waals surface area contributed by atoms with Gasteiger partial charge >= 0.3 is 5.97 Å². The minimum Gasteiger partial charge on any atom is -0.458 e. The summed E-state index contributed by atoms with van der Waals surface area (Å²) >= 11 is 0. The van der Waals surface area contributed by atoms with E-state index in [-0.39, 0.29) is 29.3 Å². The van der Waals surface area contributed by atoms with Crippen LogP contribution in [0.25, 0.3) is 0 Å². The SMILES string of the molecule is C=CCOC(=O)C1=C(C)NC(N)=C(C#N)C1c1cccc([N+](=O)[O-])c1. The first-order valence-corrected chi connectivity index (χ1v) is 7.30. The Morgan fingerprint density at radius 3 is 2.92 bits per heavy atom. The molecule has 1 heterocycles. The summed E-state index contributed by atoms with van der Waals surface area (Å²) in [5.74, 6) is -1.41. The van der Waals surface area contributed by atoms with Gasteiger partial charge in [-0.15, -0.1) is 0 Å². The number of nitrogens with zero attached hydrogens (tertiary/aromatic N) is 2. The third kappa shape index (κ3) is 3.50. The first-order valence-electron chi connectivity index (χ1n) is 7.30. The maximum atomic E-state index is 12.5. The van der Waals surface area contributed by atoms with Crippen molar-refractivity contribution in [2.75, 3.05) is 6.61 Å². The predicted octanol–water partition coefficient (Wildman–Crippen LogP) is 1.98. The fourth-order valence-electron chi connectivity index (χ4n) is 2.61. The van der Waals surface area contributed by atoms with E-state index >= 15 is 0 Å². The van der Waals surface area contributed by atoms with Crippen molar-refractivity contribution in [3.63, 3.8) is 0 Å². The number of nitro benzene ring substituents is 1. The van der Waals surface area contributed by atoms with Crippen molar-refractivity contribution in [3.8, 4) is 6.07 Å². The quantitative estimate of drug-likeness (QED) is 0.362. The molecule has 0 bridgehead atoms. The minimum absolute atomic E-state index is 0.00163. The van der Waals surface area contributed by atoms with E-state index in [9.17, 15) is 20.2 Å². The van der Waals surface area contributed by atoms with Crippen LogP contribution in [0.5, 0.6) is 0 Å². The van der Waals surface area contributed by atoms with Gasteiger partial charge in [-0.3, -0.25) is 10.1 Å². The highest BCUT2D eigenvalue weighted by Crippen LogP contribution is 2.38. The molecule has 0 spiro atoms. The largest absolute Gasteiger partial charge is 0.458 e. The zero-order valence-corrected chi connectivity index (χ0v) is 13.5. The molecule has 128 valence electrons. The van der Waals surface area contributed by atoms with E-state index in [0.29, 0.717) is 11.3 Å². The lowest BCUT2D eigenvalue weighted by Crippen LogP contribution is -2.32. The first kappa shape index (κ1) is 17.7. The second kappa shape index (κ2) is 7.31. The van der Waals surface area contributed by atoms with Crippen LogP contribution in [0.2, 0.25) is 0 Å². The number of ether oxygens (including phenoxy) is 1. The Bertz CT molecular complexity index is 848. The van der Waals surface area contributed by atoms with Gasteiger partial charge in [0.05, 0.1) is 28.1 Å². The van der Waals surface area contributed by atoms with E-state index < -0.39 is 16.8 Å². The molecule has 1 unspecified atom stereocenters. The zero-order valence-electron chi connectivity index (χ0n) is 13.5. The van der Waals surface area contributed by atoms with Gasteiger partial charge in [0.15, 0.2) is 0 Å². The number of non-ortho nitro benzene ring substituents is 1. The van der Waals surface area contributed by atoms with Crippen LogP contribution in [-0.4, -0.2) is 17.5 Å². The number of esters is 1. The van der Waals surface area contributed by atoms with E-state index in [1.165, 1.54) is 24.3 Å². The van der Waals surface area contributed by atoms with Gasteiger partial charge in [0.1, 0.15) is 12.4 Å². The maximum absolute atomic E-state index is 12.5. The van der Waals surface area contributed by atoms with E-state index in [2.05, 4.69) is 11.9 Å². The van der Waals surface area contributed by atoms with Crippen molar-refractivity contribution >= 4 is 11.7 Å². The normalized spacial score (nSPS) is 16.7. The van der Waals surface area contributed by atoms with Crippen molar-refractivity contribution in [1.82, 2.24) is 5.32 Å². The fraction of sp³-hybridized carbons (Fsp3) is 0.176. The van der Waals surface area contributed by atoms with E-state index in [1.807, 2.05) is 6.07 Å². The molecule has 0 saturated carbocycles. The number of carbonyl (C=O) groups excluding carboxylic acids is 1. The number of nitriles is 1. The van der Waals surface area contributed by atoms with Gasteiger partial charge in [-0.1, -0.05) is 24.8 Å². The fourth-order valence-corrected chi connectivity index (χ4v) is 2.61. The Morgan fingerprint density at radius 2 is 2.32 bits per heavy atom. The van der Waals surface area contributed by atoms with Gasteiger partial charge in [-0.05, 0) is 12.5 Å². The van der Waals surface area contributed by atoms with Gasteiger partial charge in [0, 0.05) is 17.8 Å². The smallest absolute Gasteiger partial charge is 0.337 e. The predicted molar refractivity (Wildman–Crippen MR) is 89.7 cm³/mol. The van der Waals surface area contributed by atoms with Crippen molar-refractivity contribution in [2.45, 2.75) is 12.8 Å². The number of carbonyl (C=O) groups is 1. The molecule has 1 aromatic carbocycles. The molecule has 0 amide bonds. The maximum Gasteiger partial charge on any atom is 0.337 e. The van der Waals surface area contributed by atoms with Crippen LogP contribution in [0.15, 0.2) is 59.6 Å². The number of hydrogen-bond acceptors (Lipinski definition) is 7. The average molecular weight is 340 g/mol. The average Bonchev–Trinajstić information content (AvgIpc) is 2.59. The second-order valence-corrected chi connectivity index (χ2v) is 5.28. The lowest BCUT2D eigenvalue weighted by molar-refractivity contribution is -0.384. The molecule has 1 aromatic rings. The van der Waals surface area contributed by atoms with Crippen molar-refractivity contribution in [2.24, 2.45) is 5.73 Å². The van der Waals surface area contributed by atoms with E-state index in [4.69, 9.17) is 10.5 Å². The molecular weight excluding hydrogens is 324 g/mol. The molecule has 0 saturated heterocycles. The summed E-state index contributed by atoms with van der Waals surface area (Å²) in [4.78, 5) is 23.0. The summed E-state index contributed by atoms with van der Waals surface area (Å²) in [6.07, 6.45) is 1.42. The zero-order chi connectivity index (χ0) is 18.6. The topological polar surface area (TPSA) is 131 Å². The number of benzene rings is 1. The Morgan fingerprint density at radius 1 is 1.60 bits per heavy atom. The van der Waals surface area contributed by atoms with Crippen LogP contribution >= 0.6 is 0 Å². The number of hydrogen-bond donors (Lipinski definition) is 2. The highest BCUT2D eigenvalue weighted by Gasteiger charge is 2.35. The van der Waals surface area contributed by atoms with Crippen LogP contribution in [0.3, 0.4) is 0 Å². The Kier molecular flexibility index (Phi) is 5.19. The van der Waals surface area contributed by atoms with Crippen LogP contribution in [0, 0.1) is 21.4 Å². The van der Waals surface area contributed by atoms with Gasteiger partial charge in [0.2, 0.25) is 0 Å². The molecule has 2 rings (SSSR count). The van der Waals surface area contributed by atoms with Crippen LogP contribution in [0.4, 0.5) is 5.69 Å². The summed E-state index contributed by atoms with van der Waals surface area (Å²) in [7, 11) is 0. The summed E-state index contributed by atoms with van der Waals surface area (Å²) in [5, 5.41) is 23.3. The number of allylic oxidation sites excluding steroid dienone is 2. The first-order chi connectivity index (χ1) is 11.9. The Labute approximate surface area is 144 Å². The number of dihydropyridines is 1. The molecule has 3 N–H and O–H groups in total. The molecule has 0 aromatic heterocycles. The number of nitrogens with two attached hydrogens (primary N) is 1. The summed E-state index contributed by atoms with van der Waals surface area (Å²) < 4.78 is 5.10. The van der Waals surface area contributed by atoms with E-state index in [1.54, 1.807) is 13.0 Å². The summed E-state index contributed by atoms with van der Waals surface area (Å²) in [5.41, 5.74) is 6.82. The van der Waals surface area contributed by atoms with Crippen molar-refractivity contribution < 1.29 is 14.5 Å². The molecule has 8 heteroatoms. The molecule has 1 aliphatic heterocycles. The molecular formula is C17H16N4O4. The van der Waals surface area contributed by atoms with Crippen LogP contribution in [-0.2, 0) is 9.53 Å². The number of nitro groups is 1. The number of nitrogens with one attached hydrogen (secondary N) is 1. The van der Waals surface area contributed by atoms with Gasteiger partial charge < -0.3 is 15.8 Å². The van der Waals surface area contributed by atoms with Crippen LogP contribution in [0.1, 0.15) is 18.4 Å². The second-order valence-electron chi connectivity index (χ2n) is 5.28. The van der Waals surface area contributed by atoms with Crippen molar-refractivity contribution in [1.29, 1.82) is 5.26 Å². The number of rotatable bonds is 5. The molecule has 8 nitrogen and oxygen atoms in total. The molecule has 0 radical (unpaired) electrons. The summed E-state index contributed by atoms with van der Waals surface area (Å²) in [6.45, 7) is 5.10. The molecule has 25 heavy (non-hydrogen) atoms. The van der Waals surface area contributed by atoms with Crippen LogP contribution < -0.4 is 11.1 Å². The molecule has 1 aliphatic rings. The summed E-state index contributed by atoms with van der Waals surface area (Å²) in [6, 6.07) is 7.70. The van der Waals surface area contributed by atoms with Crippen molar-refractivity contribution in [3.05, 3.63) is 75.3 Å². The molecule has 0 aliphatic carbocycles. The highest BCUT2D eigenvalue weighted by molar-refractivity contribution is 5.93. The lowest BCUT2D eigenvalue weighted by atomic mass is 9.82. The van der Waals surface area contributed by atoms with E-state index in [0.717, 1.165) is 0 Å². The highest BCUT2D eigenvalue weighted by atomic mass is 16.6. The minimum atomic E-state index is -0.858. The van der Waals surface area contributed by atoms with Gasteiger partial charge in [-0.25, -0.2) is 4.79 Å². The molecule has 0 fully saturated rings.